The fourth-order valence-electron chi connectivity index (χ4n) is 4.04. The van der Waals surface area contributed by atoms with Crippen molar-refractivity contribution in [1.29, 1.82) is 0 Å². The van der Waals surface area contributed by atoms with Crippen molar-refractivity contribution in [3.05, 3.63) is 42.5 Å². The number of amides is 3. The number of carbonyl (C=O) groups is 3. The van der Waals surface area contributed by atoms with Gasteiger partial charge >= 0.3 is 0 Å². The van der Waals surface area contributed by atoms with Gasteiger partial charge in [-0.1, -0.05) is 25.0 Å². The number of nitrogens with zero attached hydrogens (tertiary/aromatic N) is 3. The maximum Gasteiger partial charge on any atom is 0.241 e. The fourth-order valence-corrected chi connectivity index (χ4v) is 4.04. The summed E-state index contributed by atoms with van der Waals surface area (Å²) >= 11 is 0. The molecule has 1 saturated carbocycles. The largest absolute Gasteiger partial charge is 0.352 e. The summed E-state index contributed by atoms with van der Waals surface area (Å²) in [6.45, 7) is 0.193. The minimum absolute atomic E-state index is 0.0120. The van der Waals surface area contributed by atoms with E-state index in [0.29, 0.717) is 5.69 Å². The van der Waals surface area contributed by atoms with Crippen LogP contribution in [0.2, 0.25) is 0 Å². The molecule has 0 bridgehead atoms. The molecule has 30 heavy (non-hydrogen) atoms. The standard InChI is InChI=1S/C21H24FN5O3/c22-17-7-3-4-8-18(17)27-11-14(9-20(27)29)21(30)25-16-10-23-26(12-16)13-19(28)24-15-5-1-2-6-15/h3-4,7-8,10,12,14-15H,1-2,5-6,9,11,13H2,(H,24,28)(H,25,30). The maximum absolute atomic E-state index is 14.0. The maximum atomic E-state index is 14.0. The Kier molecular flexibility index (Phi) is 5.78. The number of anilines is 2. The van der Waals surface area contributed by atoms with Crippen LogP contribution in [0.25, 0.3) is 0 Å². The molecule has 0 spiro atoms. The van der Waals surface area contributed by atoms with Gasteiger partial charge < -0.3 is 15.5 Å². The van der Waals surface area contributed by atoms with Crippen molar-refractivity contribution in [3.63, 3.8) is 0 Å². The first-order valence-electron chi connectivity index (χ1n) is 10.2. The molecule has 1 saturated heterocycles. The molecule has 2 heterocycles. The van der Waals surface area contributed by atoms with E-state index in [2.05, 4.69) is 15.7 Å². The average molecular weight is 413 g/mol. The third-order valence-electron chi connectivity index (χ3n) is 5.57. The molecule has 9 heteroatoms. The molecular weight excluding hydrogens is 389 g/mol. The lowest BCUT2D eigenvalue weighted by Gasteiger charge is -2.17. The van der Waals surface area contributed by atoms with Crippen LogP contribution < -0.4 is 15.5 Å². The van der Waals surface area contributed by atoms with Gasteiger partial charge in [-0.3, -0.25) is 19.1 Å². The zero-order valence-corrected chi connectivity index (χ0v) is 16.5. The SMILES string of the molecule is O=C(Cn1cc(NC(=O)C2CC(=O)N(c3ccccc3F)C2)cn1)NC1CCCC1. The molecule has 4 rings (SSSR count). The van der Waals surface area contributed by atoms with Gasteiger partial charge in [0.2, 0.25) is 17.7 Å². The summed E-state index contributed by atoms with van der Waals surface area (Å²) in [5.41, 5.74) is 0.629. The highest BCUT2D eigenvalue weighted by Crippen LogP contribution is 2.28. The van der Waals surface area contributed by atoms with Crippen LogP contribution in [-0.2, 0) is 20.9 Å². The Labute approximate surface area is 173 Å². The van der Waals surface area contributed by atoms with Gasteiger partial charge in [-0.2, -0.15) is 5.10 Å². The molecule has 1 atom stereocenters. The van der Waals surface area contributed by atoms with Crippen LogP contribution in [0.15, 0.2) is 36.7 Å². The Morgan fingerprint density at radius 2 is 1.97 bits per heavy atom. The van der Waals surface area contributed by atoms with Crippen molar-refractivity contribution >= 4 is 29.1 Å². The van der Waals surface area contributed by atoms with Gasteiger partial charge in [0.25, 0.3) is 0 Å². The molecule has 158 valence electrons. The molecule has 1 unspecified atom stereocenters. The molecule has 1 aliphatic carbocycles. The van der Waals surface area contributed by atoms with Crippen LogP contribution in [-0.4, -0.2) is 40.1 Å². The third kappa shape index (κ3) is 4.50. The summed E-state index contributed by atoms with van der Waals surface area (Å²) in [5.74, 6) is -1.82. The van der Waals surface area contributed by atoms with Crippen molar-refractivity contribution in [2.75, 3.05) is 16.8 Å². The van der Waals surface area contributed by atoms with E-state index in [9.17, 15) is 18.8 Å². The van der Waals surface area contributed by atoms with Crippen LogP contribution in [0.4, 0.5) is 15.8 Å². The predicted molar refractivity (Wildman–Crippen MR) is 108 cm³/mol. The molecule has 2 aliphatic rings. The number of benzene rings is 1. The first-order valence-corrected chi connectivity index (χ1v) is 10.2. The average Bonchev–Trinajstić information content (AvgIpc) is 3.45. The van der Waals surface area contributed by atoms with E-state index in [0.717, 1.165) is 25.7 Å². The van der Waals surface area contributed by atoms with Crippen molar-refractivity contribution in [1.82, 2.24) is 15.1 Å². The van der Waals surface area contributed by atoms with Crippen molar-refractivity contribution < 1.29 is 18.8 Å². The van der Waals surface area contributed by atoms with Gasteiger partial charge in [0.15, 0.2) is 0 Å². The summed E-state index contributed by atoms with van der Waals surface area (Å²) in [6.07, 6.45) is 7.36. The van der Waals surface area contributed by atoms with E-state index in [-0.39, 0.29) is 49.0 Å². The first-order chi connectivity index (χ1) is 14.5. The number of halogens is 1. The van der Waals surface area contributed by atoms with Gasteiger partial charge in [0, 0.05) is 25.2 Å². The lowest BCUT2D eigenvalue weighted by atomic mass is 10.1. The summed E-state index contributed by atoms with van der Waals surface area (Å²) in [6, 6.07) is 6.25. The normalized spacial score (nSPS) is 19.3. The molecule has 1 aliphatic heterocycles. The molecule has 2 N–H and O–H groups in total. The van der Waals surface area contributed by atoms with Gasteiger partial charge in [-0.05, 0) is 25.0 Å². The molecule has 1 aromatic carbocycles. The third-order valence-corrected chi connectivity index (χ3v) is 5.57. The molecule has 2 fully saturated rings. The van der Waals surface area contributed by atoms with Gasteiger partial charge in [-0.25, -0.2) is 4.39 Å². The van der Waals surface area contributed by atoms with Gasteiger partial charge in [0.05, 0.1) is 23.5 Å². The Bertz CT molecular complexity index is 954. The molecule has 3 amide bonds. The Hall–Kier alpha value is -3.23. The van der Waals surface area contributed by atoms with E-state index in [1.165, 1.54) is 27.9 Å². The topological polar surface area (TPSA) is 96.3 Å². The Morgan fingerprint density at radius 3 is 2.73 bits per heavy atom. The zero-order chi connectivity index (χ0) is 21.1. The smallest absolute Gasteiger partial charge is 0.241 e. The molecule has 1 aromatic heterocycles. The van der Waals surface area contributed by atoms with Crippen molar-refractivity contribution in [2.45, 2.75) is 44.7 Å². The number of para-hydroxylation sites is 1. The fraction of sp³-hybridized carbons (Fsp3) is 0.429. The number of carbonyl (C=O) groups excluding carboxylic acids is 3. The highest BCUT2D eigenvalue weighted by molar-refractivity contribution is 6.03. The number of rotatable bonds is 6. The molecule has 2 aromatic rings. The monoisotopic (exact) mass is 413 g/mol. The van der Waals surface area contributed by atoms with Crippen LogP contribution in [0, 0.1) is 11.7 Å². The van der Waals surface area contributed by atoms with E-state index in [4.69, 9.17) is 0 Å². The number of hydrogen-bond acceptors (Lipinski definition) is 4. The summed E-state index contributed by atoms with van der Waals surface area (Å²) in [7, 11) is 0. The van der Waals surface area contributed by atoms with E-state index in [1.807, 2.05) is 0 Å². The highest BCUT2D eigenvalue weighted by Gasteiger charge is 2.36. The predicted octanol–water partition coefficient (Wildman–Crippen LogP) is 2.07. The van der Waals surface area contributed by atoms with E-state index < -0.39 is 11.7 Å². The van der Waals surface area contributed by atoms with E-state index >= 15 is 0 Å². The lowest BCUT2D eigenvalue weighted by molar-refractivity contribution is -0.122. The van der Waals surface area contributed by atoms with E-state index in [1.54, 1.807) is 18.3 Å². The number of aromatic nitrogens is 2. The van der Waals surface area contributed by atoms with Gasteiger partial charge in [0.1, 0.15) is 12.4 Å². The molecule has 8 nitrogen and oxygen atoms in total. The summed E-state index contributed by atoms with van der Waals surface area (Å²) in [5, 5.41) is 9.84. The number of hydrogen-bond donors (Lipinski definition) is 2. The molecule has 0 radical (unpaired) electrons. The Balaban J connectivity index is 1.32. The second-order valence-electron chi connectivity index (χ2n) is 7.82. The second kappa shape index (κ2) is 8.64. The van der Waals surface area contributed by atoms with Crippen LogP contribution in [0.5, 0.6) is 0 Å². The molecular formula is C21H24FN5O3. The summed E-state index contributed by atoms with van der Waals surface area (Å²) in [4.78, 5) is 38.3. The highest BCUT2D eigenvalue weighted by atomic mass is 19.1. The second-order valence-corrected chi connectivity index (χ2v) is 7.82. The van der Waals surface area contributed by atoms with Crippen LogP contribution in [0.1, 0.15) is 32.1 Å². The first kappa shape index (κ1) is 20.1. The minimum Gasteiger partial charge on any atom is -0.352 e. The zero-order valence-electron chi connectivity index (χ0n) is 16.5. The minimum atomic E-state index is -0.592. The lowest BCUT2D eigenvalue weighted by Crippen LogP contribution is -2.35. The quantitative estimate of drug-likeness (QED) is 0.758. The van der Waals surface area contributed by atoms with Crippen LogP contribution >= 0.6 is 0 Å². The van der Waals surface area contributed by atoms with Crippen molar-refractivity contribution in [3.8, 4) is 0 Å². The van der Waals surface area contributed by atoms with Crippen LogP contribution in [0.3, 0.4) is 0 Å². The van der Waals surface area contributed by atoms with Gasteiger partial charge in [-0.15, -0.1) is 0 Å². The van der Waals surface area contributed by atoms with Crippen molar-refractivity contribution in [2.24, 2.45) is 5.92 Å². The number of nitrogens with one attached hydrogen (secondary N) is 2. The Morgan fingerprint density at radius 1 is 1.20 bits per heavy atom. The summed E-state index contributed by atoms with van der Waals surface area (Å²) < 4.78 is 15.5.